The van der Waals surface area contributed by atoms with Gasteiger partial charge >= 0.3 is 0 Å². The second-order valence-corrected chi connectivity index (χ2v) is 16.7. The van der Waals surface area contributed by atoms with Crippen molar-refractivity contribution in [3.63, 3.8) is 0 Å². The quantitative estimate of drug-likeness (QED) is 0.286. The molecule has 3 aliphatic rings. The van der Waals surface area contributed by atoms with Crippen LogP contribution in [0.1, 0.15) is 30.2 Å². The maximum Gasteiger partial charge on any atom is 0.264 e. The smallest absolute Gasteiger partial charge is 0.264 e. The van der Waals surface area contributed by atoms with E-state index in [0.29, 0.717) is 50.5 Å². The predicted octanol–water partition coefficient (Wildman–Crippen LogP) is 2.19. The first-order valence-electron chi connectivity index (χ1n) is 15.6. The molecule has 1 aromatic heterocycles. The van der Waals surface area contributed by atoms with Gasteiger partial charge in [0.2, 0.25) is 5.91 Å². The molecule has 2 aromatic carbocycles. The minimum absolute atomic E-state index is 0.00169. The van der Waals surface area contributed by atoms with Gasteiger partial charge in [-0.15, -0.1) is 5.10 Å². The van der Waals surface area contributed by atoms with Crippen molar-refractivity contribution in [2.45, 2.75) is 63.2 Å². The fourth-order valence-corrected chi connectivity index (χ4v) is 9.99. The molecule has 0 radical (unpaired) electrons. The normalized spacial score (nSPS) is 25.0. The summed E-state index contributed by atoms with van der Waals surface area (Å²) in [6, 6.07) is 13.4. The summed E-state index contributed by atoms with van der Waals surface area (Å²) in [5.41, 5.74) is 2.46. The Morgan fingerprint density at radius 3 is 2.64 bits per heavy atom. The number of aliphatic hydroxyl groups is 1. The Bertz CT molecular complexity index is 1560. The molecule has 0 bridgehead atoms. The van der Waals surface area contributed by atoms with E-state index < -0.39 is 20.0 Å². The number of methoxy groups -OCH3 is 1. The number of carbonyl (C=O) groups excluding carboxylic acids is 2. The lowest BCUT2D eigenvalue weighted by Crippen LogP contribution is -2.48. The maximum absolute atomic E-state index is 14.7. The van der Waals surface area contributed by atoms with E-state index in [9.17, 15) is 19.5 Å². The number of nitrogens with zero attached hydrogens (tertiary/aromatic N) is 5. The molecule has 6 rings (SSSR count). The number of hydrogen-bond acceptors (Lipinski definition) is 9. The third-order valence-corrected chi connectivity index (χ3v) is 12.0. The van der Waals surface area contributed by atoms with Crippen molar-refractivity contribution >= 4 is 31.5 Å². The van der Waals surface area contributed by atoms with E-state index in [2.05, 4.69) is 15.6 Å². The van der Waals surface area contributed by atoms with Crippen molar-refractivity contribution < 1.29 is 29.0 Å². The standard InChI is InChI=1S/C32H42N6O6Si/c1-21-30(45(3,4)42)28(11-14-36-20-23(12-16-39)34-35-36)44-32(21)26-17-25(43-2)9-10-27(26)38(31(32)41)19-22-5-7-24(8-6-22)37-15-13-33-18-29(37)40/h5-10,17,20-21,28,30,33,39,42H,11-16,18-19H2,1-4H3/t21-,28+,30-,32+/m1/s1. The molecular weight excluding hydrogens is 592 g/mol. The molecule has 12 nitrogen and oxygen atoms in total. The fourth-order valence-electron chi connectivity index (χ4n) is 7.39. The molecule has 0 aliphatic carbocycles. The molecule has 1 spiro atoms. The number of piperazine rings is 1. The Labute approximate surface area is 264 Å². The Hall–Kier alpha value is -3.62. The second-order valence-electron chi connectivity index (χ2n) is 12.8. The average Bonchev–Trinajstić information content (AvgIpc) is 3.66. The molecule has 3 N–H and O–H groups in total. The molecule has 0 saturated carbocycles. The minimum atomic E-state index is -2.83. The van der Waals surface area contributed by atoms with Gasteiger partial charge in [-0.1, -0.05) is 24.3 Å². The monoisotopic (exact) mass is 634 g/mol. The zero-order valence-electron chi connectivity index (χ0n) is 26.3. The average molecular weight is 635 g/mol. The van der Waals surface area contributed by atoms with Crippen molar-refractivity contribution in [3.8, 4) is 5.75 Å². The first-order chi connectivity index (χ1) is 21.6. The number of rotatable bonds is 10. The molecule has 2 fully saturated rings. The van der Waals surface area contributed by atoms with E-state index in [4.69, 9.17) is 9.47 Å². The van der Waals surface area contributed by atoms with E-state index >= 15 is 0 Å². The third-order valence-electron chi connectivity index (χ3n) is 9.47. The zero-order valence-corrected chi connectivity index (χ0v) is 27.3. The molecule has 2 amide bonds. The fraction of sp³-hybridized carbons (Fsp3) is 0.500. The van der Waals surface area contributed by atoms with E-state index in [0.717, 1.165) is 29.0 Å². The second kappa shape index (κ2) is 12.3. The molecule has 4 atom stereocenters. The summed E-state index contributed by atoms with van der Waals surface area (Å²) in [4.78, 5) is 42.2. The number of nitrogens with one attached hydrogen (secondary N) is 1. The molecular formula is C32H42N6O6Si. The van der Waals surface area contributed by atoms with Gasteiger partial charge in [0.25, 0.3) is 5.91 Å². The van der Waals surface area contributed by atoms with E-state index in [1.165, 1.54) is 0 Å². The van der Waals surface area contributed by atoms with Crippen LogP contribution in [-0.4, -0.2) is 84.5 Å². The molecule has 45 heavy (non-hydrogen) atoms. The number of aromatic nitrogens is 3. The first-order valence-corrected chi connectivity index (χ1v) is 18.6. The highest BCUT2D eigenvalue weighted by molar-refractivity contribution is 6.71. The number of carbonyl (C=O) groups is 2. The van der Waals surface area contributed by atoms with Crippen molar-refractivity contribution in [1.82, 2.24) is 20.3 Å². The van der Waals surface area contributed by atoms with Crippen LogP contribution in [-0.2, 0) is 39.4 Å². The van der Waals surface area contributed by atoms with E-state index in [1.807, 2.05) is 68.7 Å². The lowest BCUT2D eigenvalue weighted by atomic mass is 9.82. The molecule has 3 aliphatic heterocycles. The first kappa shape index (κ1) is 31.4. The van der Waals surface area contributed by atoms with Crippen molar-refractivity contribution in [2.24, 2.45) is 5.92 Å². The van der Waals surface area contributed by atoms with Crippen LogP contribution in [0, 0.1) is 5.92 Å². The molecule has 3 aromatic rings. The van der Waals surface area contributed by atoms with Crippen LogP contribution in [0.15, 0.2) is 48.7 Å². The number of anilines is 2. The number of aliphatic hydroxyl groups excluding tert-OH is 1. The Morgan fingerprint density at radius 1 is 1.18 bits per heavy atom. The van der Waals surface area contributed by atoms with Crippen LogP contribution in [0.3, 0.4) is 0 Å². The highest BCUT2D eigenvalue weighted by atomic mass is 28.4. The SMILES string of the molecule is COc1ccc2c(c1)[C@]1(O[C@@H](CCn3cc(CCO)nn3)[C@H]([Si](C)(C)O)[C@H]1C)C(=O)N2Cc1ccc(N2CCNCC2=O)cc1. The predicted molar refractivity (Wildman–Crippen MR) is 170 cm³/mol. The van der Waals surface area contributed by atoms with Gasteiger partial charge in [-0.05, 0) is 55.4 Å². The van der Waals surface area contributed by atoms with Gasteiger partial charge in [-0.25, -0.2) is 0 Å². The minimum Gasteiger partial charge on any atom is -0.497 e. The number of benzene rings is 2. The van der Waals surface area contributed by atoms with E-state index in [-0.39, 0.29) is 29.9 Å². The van der Waals surface area contributed by atoms with Crippen LogP contribution >= 0.6 is 0 Å². The Morgan fingerprint density at radius 2 is 1.96 bits per heavy atom. The number of hydrogen-bond donors (Lipinski definition) is 3. The number of aryl methyl sites for hydroxylation is 1. The summed E-state index contributed by atoms with van der Waals surface area (Å²) in [7, 11) is -1.23. The lowest BCUT2D eigenvalue weighted by molar-refractivity contribution is -0.146. The van der Waals surface area contributed by atoms with Gasteiger partial charge in [0, 0.05) is 61.6 Å². The van der Waals surface area contributed by atoms with Gasteiger partial charge in [0.05, 0.1) is 37.7 Å². The van der Waals surface area contributed by atoms with Gasteiger partial charge in [0.15, 0.2) is 13.9 Å². The number of ether oxygens (including phenoxy) is 2. The molecule has 2 saturated heterocycles. The third kappa shape index (κ3) is 5.67. The molecule has 0 unspecified atom stereocenters. The topological polar surface area (TPSA) is 142 Å². The van der Waals surface area contributed by atoms with Crippen LogP contribution in [0.25, 0.3) is 0 Å². The van der Waals surface area contributed by atoms with Crippen molar-refractivity contribution in [3.05, 3.63) is 65.5 Å². The van der Waals surface area contributed by atoms with Gasteiger partial charge in [0.1, 0.15) is 5.75 Å². The molecule has 4 heterocycles. The Balaban J connectivity index is 1.31. The van der Waals surface area contributed by atoms with Crippen molar-refractivity contribution in [1.29, 1.82) is 0 Å². The highest BCUT2D eigenvalue weighted by Gasteiger charge is 2.66. The number of amides is 2. The van der Waals surface area contributed by atoms with Gasteiger partial charge < -0.3 is 34.5 Å². The number of fused-ring (bicyclic) bond motifs is 2. The summed E-state index contributed by atoms with van der Waals surface area (Å²) in [5, 5.41) is 20.7. The lowest BCUT2D eigenvalue weighted by Gasteiger charge is -2.32. The van der Waals surface area contributed by atoms with Gasteiger partial charge in [-0.2, -0.15) is 0 Å². The van der Waals surface area contributed by atoms with Crippen LogP contribution in [0.2, 0.25) is 18.6 Å². The van der Waals surface area contributed by atoms with Crippen LogP contribution < -0.4 is 19.9 Å². The maximum atomic E-state index is 14.7. The van der Waals surface area contributed by atoms with Crippen LogP contribution in [0.4, 0.5) is 11.4 Å². The Kier molecular flexibility index (Phi) is 8.56. The van der Waals surface area contributed by atoms with Gasteiger partial charge in [-0.3, -0.25) is 14.3 Å². The largest absolute Gasteiger partial charge is 0.497 e. The molecule has 240 valence electrons. The summed E-state index contributed by atoms with van der Waals surface area (Å²) in [5.74, 6) is 0.202. The summed E-state index contributed by atoms with van der Waals surface area (Å²) < 4.78 is 14.3. The summed E-state index contributed by atoms with van der Waals surface area (Å²) >= 11 is 0. The van der Waals surface area contributed by atoms with Crippen molar-refractivity contribution in [2.75, 3.05) is 43.2 Å². The summed E-state index contributed by atoms with van der Waals surface area (Å²) in [6.45, 7) is 8.35. The molecule has 13 heteroatoms. The highest BCUT2D eigenvalue weighted by Crippen LogP contribution is 2.60. The summed E-state index contributed by atoms with van der Waals surface area (Å²) in [6.07, 6.45) is 2.39. The zero-order chi connectivity index (χ0) is 31.9. The van der Waals surface area contributed by atoms with E-state index in [1.54, 1.807) is 21.6 Å². The van der Waals surface area contributed by atoms with Crippen LogP contribution in [0.5, 0.6) is 5.75 Å².